The maximum absolute atomic E-state index is 14.5. The molecule has 0 spiro atoms. The van der Waals surface area contributed by atoms with Gasteiger partial charge >= 0.3 is 0 Å². The van der Waals surface area contributed by atoms with Crippen LogP contribution >= 0.6 is 43.6 Å². The van der Waals surface area contributed by atoms with Crippen molar-refractivity contribution in [2.75, 3.05) is 11.1 Å². The Labute approximate surface area is 202 Å². The highest BCUT2D eigenvalue weighted by molar-refractivity contribution is 9.11. The van der Waals surface area contributed by atoms with Gasteiger partial charge in [-0.25, -0.2) is 13.8 Å². The first-order chi connectivity index (χ1) is 15.3. The molecule has 0 saturated heterocycles. The number of aromatic nitrogens is 2. The zero-order valence-electron chi connectivity index (χ0n) is 16.1. The first kappa shape index (κ1) is 22.6. The fraction of sp³-hybridized carbons (Fsp3) is 0.0455. The molecule has 10 heteroatoms. The second-order valence-corrected chi connectivity index (χ2v) is 9.32. The number of thioether (sulfide) groups is 1. The van der Waals surface area contributed by atoms with Crippen molar-refractivity contribution < 1.29 is 13.6 Å². The normalized spacial score (nSPS) is 11.0. The molecule has 0 unspecified atom stereocenters. The topological polar surface area (TPSA) is 64.0 Å². The third-order valence-electron chi connectivity index (χ3n) is 4.43. The molecule has 1 heterocycles. The number of amides is 1. The van der Waals surface area contributed by atoms with E-state index < -0.39 is 17.2 Å². The molecule has 1 N–H and O–H groups in total. The fourth-order valence-corrected chi connectivity index (χ4v) is 4.94. The van der Waals surface area contributed by atoms with Crippen LogP contribution in [0, 0.1) is 11.6 Å². The highest BCUT2D eigenvalue weighted by atomic mass is 79.9. The van der Waals surface area contributed by atoms with Crippen molar-refractivity contribution in [1.29, 1.82) is 0 Å². The number of hydrogen-bond acceptors (Lipinski definition) is 4. The van der Waals surface area contributed by atoms with Crippen LogP contribution in [-0.2, 0) is 4.79 Å². The highest BCUT2D eigenvalue weighted by Gasteiger charge is 2.18. The molecule has 1 amide bonds. The van der Waals surface area contributed by atoms with Crippen molar-refractivity contribution in [3.63, 3.8) is 0 Å². The van der Waals surface area contributed by atoms with E-state index >= 15 is 0 Å². The summed E-state index contributed by atoms with van der Waals surface area (Å²) in [6.07, 6.45) is 0. The molecule has 0 aliphatic heterocycles. The lowest BCUT2D eigenvalue weighted by atomic mass is 10.2. The van der Waals surface area contributed by atoms with Crippen LogP contribution in [0.25, 0.3) is 16.6 Å². The first-order valence-corrected chi connectivity index (χ1v) is 11.8. The van der Waals surface area contributed by atoms with Gasteiger partial charge in [0.1, 0.15) is 11.6 Å². The fourth-order valence-electron chi connectivity index (χ4n) is 2.99. The molecule has 3 aromatic carbocycles. The third-order valence-corrected chi connectivity index (χ3v) is 6.52. The van der Waals surface area contributed by atoms with E-state index in [9.17, 15) is 18.4 Å². The van der Waals surface area contributed by atoms with Gasteiger partial charge in [0.25, 0.3) is 5.56 Å². The Hall–Kier alpha value is -2.56. The minimum absolute atomic E-state index is 0.0872. The molecule has 5 nitrogen and oxygen atoms in total. The van der Waals surface area contributed by atoms with Gasteiger partial charge in [-0.15, -0.1) is 0 Å². The number of hydrogen-bond donors (Lipinski definition) is 1. The molecular formula is C22H13Br2F2N3O2S. The first-order valence-electron chi connectivity index (χ1n) is 9.18. The number of benzene rings is 3. The zero-order valence-corrected chi connectivity index (χ0v) is 20.1. The van der Waals surface area contributed by atoms with Crippen molar-refractivity contribution in [3.05, 3.63) is 91.6 Å². The average molecular weight is 581 g/mol. The second-order valence-electron chi connectivity index (χ2n) is 6.61. The molecule has 32 heavy (non-hydrogen) atoms. The highest BCUT2D eigenvalue weighted by Crippen LogP contribution is 2.27. The molecule has 0 bridgehead atoms. The zero-order chi connectivity index (χ0) is 22.8. The van der Waals surface area contributed by atoms with Crippen LogP contribution in [0.15, 0.2) is 79.6 Å². The Bertz CT molecular complexity index is 1410. The van der Waals surface area contributed by atoms with Gasteiger partial charge in [0.15, 0.2) is 5.16 Å². The molecule has 162 valence electrons. The number of anilines is 1. The van der Waals surface area contributed by atoms with Crippen molar-refractivity contribution in [2.45, 2.75) is 5.16 Å². The summed E-state index contributed by atoms with van der Waals surface area (Å²) in [7, 11) is 0. The van der Waals surface area contributed by atoms with Crippen molar-refractivity contribution >= 4 is 66.1 Å². The van der Waals surface area contributed by atoms with E-state index in [1.165, 1.54) is 6.07 Å². The summed E-state index contributed by atoms with van der Waals surface area (Å²) in [5.74, 6) is -2.10. The smallest absolute Gasteiger partial charge is 0.266 e. The summed E-state index contributed by atoms with van der Waals surface area (Å²) in [5.41, 5.74) is 0.329. The van der Waals surface area contributed by atoms with E-state index in [1.54, 1.807) is 42.5 Å². The predicted molar refractivity (Wildman–Crippen MR) is 128 cm³/mol. The van der Waals surface area contributed by atoms with Crippen molar-refractivity contribution in [3.8, 4) is 5.69 Å². The summed E-state index contributed by atoms with van der Waals surface area (Å²) >= 11 is 7.71. The Morgan fingerprint density at radius 3 is 2.59 bits per heavy atom. The van der Waals surface area contributed by atoms with E-state index in [4.69, 9.17) is 0 Å². The molecule has 0 atom stereocenters. The standard InChI is InChI=1S/C22H13Br2F2N3O2S/c23-12-5-7-18(15(24)9-12)27-20(30)11-32-22-28-17-4-2-1-3-14(17)21(31)29(22)19-8-6-13(25)10-16(19)26/h1-10H,11H2,(H,27,30). The van der Waals surface area contributed by atoms with Crippen molar-refractivity contribution in [1.82, 2.24) is 9.55 Å². The molecule has 0 aliphatic carbocycles. The molecule has 1 aromatic heterocycles. The predicted octanol–water partition coefficient (Wildman–Crippen LogP) is 5.92. The summed E-state index contributed by atoms with van der Waals surface area (Å²) in [6.45, 7) is 0. The lowest BCUT2D eigenvalue weighted by Crippen LogP contribution is -2.23. The Morgan fingerprint density at radius 2 is 1.84 bits per heavy atom. The molecular weight excluding hydrogens is 568 g/mol. The van der Waals surface area contributed by atoms with E-state index in [-0.39, 0.29) is 27.9 Å². The number of rotatable bonds is 5. The third kappa shape index (κ3) is 4.77. The van der Waals surface area contributed by atoms with Crippen LogP contribution < -0.4 is 10.9 Å². The summed E-state index contributed by atoms with van der Waals surface area (Å²) in [4.78, 5) is 30.1. The lowest BCUT2D eigenvalue weighted by Gasteiger charge is -2.14. The summed E-state index contributed by atoms with van der Waals surface area (Å²) < 4.78 is 30.6. The van der Waals surface area contributed by atoms with Gasteiger partial charge in [-0.1, -0.05) is 39.8 Å². The number of nitrogens with one attached hydrogen (secondary N) is 1. The number of para-hydroxylation sites is 1. The quantitative estimate of drug-likeness (QED) is 0.235. The maximum Gasteiger partial charge on any atom is 0.266 e. The van der Waals surface area contributed by atoms with Gasteiger partial charge in [0.05, 0.1) is 28.0 Å². The number of fused-ring (bicyclic) bond motifs is 1. The van der Waals surface area contributed by atoms with Gasteiger partial charge < -0.3 is 5.32 Å². The number of halogens is 4. The molecule has 0 aliphatic rings. The number of carbonyl (C=O) groups is 1. The second kappa shape index (κ2) is 9.51. The van der Waals surface area contributed by atoms with Crippen LogP contribution in [0.2, 0.25) is 0 Å². The minimum Gasteiger partial charge on any atom is -0.324 e. The van der Waals surface area contributed by atoms with Crippen LogP contribution in [0.5, 0.6) is 0 Å². The van der Waals surface area contributed by atoms with Crippen LogP contribution in [-0.4, -0.2) is 21.2 Å². The van der Waals surface area contributed by atoms with Crippen LogP contribution in [0.4, 0.5) is 14.5 Å². The summed E-state index contributed by atoms with van der Waals surface area (Å²) in [5, 5.41) is 3.17. The van der Waals surface area contributed by atoms with Gasteiger partial charge in [-0.3, -0.25) is 14.2 Å². The van der Waals surface area contributed by atoms with Crippen LogP contribution in [0.3, 0.4) is 0 Å². The van der Waals surface area contributed by atoms with Crippen molar-refractivity contribution in [2.24, 2.45) is 0 Å². The molecule has 0 radical (unpaired) electrons. The summed E-state index contributed by atoms with van der Waals surface area (Å²) in [6, 6.07) is 14.9. The average Bonchev–Trinajstić information content (AvgIpc) is 2.75. The van der Waals surface area contributed by atoms with Gasteiger partial charge in [0.2, 0.25) is 5.91 Å². The molecule has 0 fully saturated rings. The Balaban J connectivity index is 1.69. The SMILES string of the molecule is O=C(CSc1nc2ccccc2c(=O)n1-c1ccc(F)cc1F)Nc1ccc(Br)cc1Br. The largest absolute Gasteiger partial charge is 0.324 e. The van der Waals surface area contributed by atoms with Gasteiger partial charge in [-0.05, 0) is 58.4 Å². The van der Waals surface area contributed by atoms with E-state index in [0.29, 0.717) is 21.7 Å². The Morgan fingerprint density at radius 1 is 1.06 bits per heavy atom. The molecule has 4 aromatic rings. The minimum atomic E-state index is -0.908. The van der Waals surface area contributed by atoms with E-state index in [1.807, 2.05) is 0 Å². The number of carbonyl (C=O) groups excluding carboxylic acids is 1. The molecule has 4 rings (SSSR count). The van der Waals surface area contributed by atoms with E-state index in [0.717, 1.165) is 26.9 Å². The van der Waals surface area contributed by atoms with Gasteiger partial charge in [-0.2, -0.15) is 0 Å². The molecule has 0 saturated carbocycles. The number of nitrogens with zero attached hydrogens (tertiary/aromatic N) is 2. The monoisotopic (exact) mass is 579 g/mol. The van der Waals surface area contributed by atoms with E-state index in [2.05, 4.69) is 42.2 Å². The van der Waals surface area contributed by atoms with Gasteiger partial charge in [0, 0.05) is 15.0 Å². The maximum atomic E-state index is 14.5. The lowest BCUT2D eigenvalue weighted by molar-refractivity contribution is -0.113. The Kier molecular flexibility index (Phi) is 6.73. The van der Waals surface area contributed by atoms with Crippen LogP contribution in [0.1, 0.15) is 0 Å².